The molecule has 0 aliphatic heterocycles. The van der Waals surface area contributed by atoms with E-state index in [1.54, 1.807) is 24.3 Å². The van der Waals surface area contributed by atoms with Gasteiger partial charge in [0.25, 0.3) is 11.8 Å². The van der Waals surface area contributed by atoms with Gasteiger partial charge in [-0.05, 0) is 70.8 Å². The zero-order valence-electron chi connectivity index (χ0n) is 23.1. The van der Waals surface area contributed by atoms with Crippen molar-refractivity contribution in [2.45, 2.75) is 13.8 Å². The SMILES string of the molecule is Cc1ccccc1NC(=O)c1cc2ccccc2c(-c2c(O)c(C(=O)Nc3ccccc3C)cc3ccccc23)c1O. The maximum absolute atomic E-state index is 13.6. The van der Waals surface area contributed by atoms with Crippen LogP contribution >= 0.6 is 0 Å². The summed E-state index contributed by atoms with van der Waals surface area (Å²) in [6, 6.07) is 32.7. The Morgan fingerprint density at radius 2 is 0.881 bits per heavy atom. The van der Waals surface area contributed by atoms with Crippen molar-refractivity contribution in [1.29, 1.82) is 0 Å². The molecule has 6 aromatic carbocycles. The van der Waals surface area contributed by atoms with Gasteiger partial charge in [0.2, 0.25) is 0 Å². The maximum atomic E-state index is 13.6. The zero-order valence-corrected chi connectivity index (χ0v) is 23.1. The molecule has 0 saturated carbocycles. The van der Waals surface area contributed by atoms with Gasteiger partial charge in [-0.25, -0.2) is 0 Å². The van der Waals surface area contributed by atoms with Crippen molar-refractivity contribution in [2.24, 2.45) is 0 Å². The third-order valence-electron chi connectivity index (χ3n) is 7.57. The second kappa shape index (κ2) is 10.7. The van der Waals surface area contributed by atoms with Gasteiger partial charge >= 0.3 is 0 Å². The summed E-state index contributed by atoms with van der Waals surface area (Å²) in [6.45, 7) is 3.78. The van der Waals surface area contributed by atoms with Gasteiger partial charge in [0.05, 0.1) is 11.1 Å². The molecule has 6 heteroatoms. The summed E-state index contributed by atoms with van der Waals surface area (Å²) in [6.07, 6.45) is 0. The quantitative estimate of drug-likeness (QED) is 0.173. The fourth-order valence-corrected chi connectivity index (χ4v) is 5.33. The number of carbonyl (C=O) groups excluding carboxylic acids is 2. The molecule has 0 aliphatic rings. The molecule has 206 valence electrons. The lowest BCUT2D eigenvalue weighted by atomic mass is 9.88. The van der Waals surface area contributed by atoms with Gasteiger partial charge in [0.15, 0.2) is 0 Å². The maximum Gasteiger partial charge on any atom is 0.259 e. The van der Waals surface area contributed by atoms with Crippen LogP contribution in [0.25, 0.3) is 32.7 Å². The number of benzene rings is 6. The zero-order chi connectivity index (χ0) is 29.4. The normalized spacial score (nSPS) is 11.0. The van der Waals surface area contributed by atoms with Crippen LogP contribution in [0.15, 0.2) is 109 Å². The molecule has 0 aliphatic carbocycles. The van der Waals surface area contributed by atoms with Gasteiger partial charge in [-0.2, -0.15) is 0 Å². The number of carbonyl (C=O) groups is 2. The lowest BCUT2D eigenvalue weighted by Gasteiger charge is -2.19. The van der Waals surface area contributed by atoms with Crippen LogP contribution in [0.3, 0.4) is 0 Å². The monoisotopic (exact) mass is 552 g/mol. The molecular formula is C36H28N2O4. The highest BCUT2D eigenvalue weighted by Crippen LogP contribution is 2.47. The number of anilines is 2. The predicted octanol–water partition coefficient (Wildman–Crippen LogP) is 8.19. The van der Waals surface area contributed by atoms with Crippen molar-refractivity contribution in [3.8, 4) is 22.6 Å². The van der Waals surface area contributed by atoms with Crippen molar-refractivity contribution in [3.63, 3.8) is 0 Å². The van der Waals surface area contributed by atoms with E-state index in [-0.39, 0.29) is 33.8 Å². The Morgan fingerprint density at radius 3 is 1.29 bits per heavy atom. The van der Waals surface area contributed by atoms with Crippen molar-refractivity contribution in [3.05, 3.63) is 131 Å². The Bertz CT molecular complexity index is 1880. The summed E-state index contributed by atoms with van der Waals surface area (Å²) in [5, 5.41) is 32.0. The smallest absolute Gasteiger partial charge is 0.259 e. The number of amides is 2. The van der Waals surface area contributed by atoms with Crippen LogP contribution in [0.4, 0.5) is 11.4 Å². The fourth-order valence-electron chi connectivity index (χ4n) is 5.33. The fraction of sp³-hybridized carbons (Fsp3) is 0.0556. The molecule has 0 atom stereocenters. The summed E-state index contributed by atoms with van der Waals surface area (Å²) in [7, 11) is 0. The van der Waals surface area contributed by atoms with Crippen molar-refractivity contribution in [1.82, 2.24) is 0 Å². The molecule has 0 aromatic heterocycles. The highest BCUT2D eigenvalue weighted by Gasteiger charge is 2.26. The number of phenols is 2. The molecule has 6 nitrogen and oxygen atoms in total. The lowest BCUT2D eigenvalue weighted by molar-refractivity contribution is 0.101. The van der Waals surface area contributed by atoms with Crippen LogP contribution in [-0.4, -0.2) is 22.0 Å². The van der Waals surface area contributed by atoms with Gasteiger partial charge in [0, 0.05) is 22.5 Å². The number of hydrogen-bond donors (Lipinski definition) is 4. The van der Waals surface area contributed by atoms with Crippen molar-refractivity contribution < 1.29 is 19.8 Å². The third kappa shape index (κ3) is 4.69. The van der Waals surface area contributed by atoms with E-state index in [1.165, 1.54) is 0 Å². The summed E-state index contributed by atoms with van der Waals surface area (Å²) in [5.41, 5.74) is 3.63. The number of aromatic hydroxyl groups is 2. The summed E-state index contributed by atoms with van der Waals surface area (Å²) < 4.78 is 0. The van der Waals surface area contributed by atoms with Gasteiger partial charge in [-0.1, -0.05) is 84.9 Å². The molecule has 42 heavy (non-hydrogen) atoms. The second-order valence-corrected chi connectivity index (χ2v) is 10.3. The minimum absolute atomic E-state index is 0.0465. The predicted molar refractivity (Wildman–Crippen MR) is 168 cm³/mol. The van der Waals surface area contributed by atoms with Crippen LogP contribution in [0.2, 0.25) is 0 Å². The first-order chi connectivity index (χ1) is 20.3. The number of hydrogen-bond acceptors (Lipinski definition) is 4. The molecular weight excluding hydrogens is 524 g/mol. The summed E-state index contributed by atoms with van der Waals surface area (Å²) in [4.78, 5) is 27.2. The molecule has 4 N–H and O–H groups in total. The van der Waals surface area contributed by atoms with E-state index in [0.29, 0.717) is 32.9 Å². The Morgan fingerprint density at radius 1 is 0.524 bits per heavy atom. The third-order valence-corrected chi connectivity index (χ3v) is 7.57. The van der Waals surface area contributed by atoms with E-state index < -0.39 is 11.8 Å². The topological polar surface area (TPSA) is 98.7 Å². The average Bonchev–Trinajstić information content (AvgIpc) is 2.99. The Balaban J connectivity index is 1.58. The summed E-state index contributed by atoms with van der Waals surface area (Å²) >= 11 is 0. The Labute approximate surface area is 242 Å². The number of fused-ring (bicyclic) bond motifs is 2. The van der Waals surface area contributed by atoms with Crippen LogP contribution < -0.4 is 10.6 Å². The first-order valence-electron chi connectivity index (χ1n) is 13.6. The number of para-hydroxylation sites is 2. The number of phenolic OH excluding ortho intramolecular Hbond substituents is 2. The molecule has 0 fully saturated rings. The van der Waals surface area contributed by atoms with Crippen molar-refractivity contribution in [2.75, 3.05) is 10.6 Å². The van der Waals surface area contributed by atoms with E-state index >= 15 is 0 Å². The highest BCUT2D eigenvalue weighted by atomic mass is 16.3. The van der Waals surface area contributed by atoms with Gasteiger partial charge in [-0.15, -0.1) is 0 Å². The number of nitrogens with one attached hydrogen (secondary N) is 2. The molecule has 6 aromatic rings. The Kier molecular flexibility index (Phi) is 6.80. The average molecular weight is 553 g/mol. The standard InChI is InChI=1S/C36H28N2O4/c1-21-11-3-9-17-29(21)37-35(41)27-19-23-13-5-7-15-25(23)31(33(27)39)32-26-16-8-6-14-24(26)20-28(34(32)40)36(42)38-30-18-10-4-12-22(30)2/h3-20,39-40H,1-2H3,(H,37,41)(H,38,42). The summed E-state index contributed by atoms with van der Waals surface area (Å²) in [5.74, 6) is -1.58. The number of aryl methyl sites for hydroxylation is 2. The molecule has 0 saturated heterocycles. The van der Waals surface area contributed by atoms with Gasteiger partial charge in [-0.3, -0.25) is 9.59 Å². The lowest BCUT2D eigenvalue weighted by Crippen LogP contribution is -2.14. The minimum atomic E-state index is -0.494. The molecule has 0 spiro atoms. The van der Waals surface area contributed by atoms with E-state index in [9.17, 15) is 19.8 Å². The largest absolute Gasteiger partial charge is 0.506 e. The van der Waals surface area contributed by atoms with Crippen LogP contribution in [0.1, 0.15) is 31.8 Å². The van der Waals surface area contributed by atoms with Crippen LogP contribution in [-0.2, 0) is 0 Å². The minimum Gasteiger partial charge on any atom is -0.506 e. The first-order valence-corrected chi connectivity index (χ1v) is 13.6. The molecule has 0 bridgehead atoms. The molecule has 0 radical (unpaired) electrons. The Hall–Kier alpha value is -5.62. The van der Waals surface area contributed by atoms with E-state index in [4.69, 9.17) is 0 Å². The van der Waals surface area contributed by atoms with Gasteiger partial charge < -0.3 is 20.8 Å². The van der Waals surface area contributed by atoms with Gasteiger partial charge in [0.1, 0.15) is 11.5 Å². The first kappa shape index (κ1) is 26.6. The van der Waals surface area contributed by atoms with Crippen molar-refractivity contribution >= 4 is 44.7 Å². The number of rotatable bonds is 5. The molecule has 0 unspecified atom stereocenters. The van der Waals surface area contributed by atoms with E-state index in [1.807, 2.05) is 98.8 Å². The van der Waals surface area contributed by atoms with E-state index in [2.05, 4.69) is 10.6 Å². The highest BCUT2D eigenvalue weighted by molar-refractivity contribution is 6.19. The molecule has 0 heterocycles. The molecule has 2 amide bonds. The second-order valence-electron chi connectivity index (χ2n) is 10.3. The van der Waals surface area contributed by atoms with E-state index in [0.717, 1.165) is 11.1 Å². The molecule has 6 rings (SSSR count). The van der Waals surface area contributed by atoms with Crippen LogP contribution in [0.5, 0.6) is 11.5 Å². The van der Waals surface area contributed by atoms with Crippen LogP contribution in [0, 0.1) is 13.8 Å².